The van der Waals surface area contributed by atoms with Crippen LogP contribution >= 0.6 is 0 Å². The number of rotatable bonds is 8. The van der Waals surface area contributed by atoms with Crippen LogP contribution in [0.5, 0.6) is 0 Å². The maximum Gasteiger partial charge on any atom is 0.362 e. The highest BCUT2D eigenvalue weighted by atomic mass is 28.3. The Morgan fingerprint density at radius 2 is 1.73 bits per heavy atom. The Balaban J connectivity index is 4.15. The maximum absolute atomic E-state index is 11.4. The van der Waals surface area contributed by atoms with E-state index in [9.17, 15) is 4.79 Å². The predicted octanol–water partition coefficient (Wildman–Crippen LogP) is 1.33. The minimum atomic E-state index is -2.10. The topological polar surface area (TPSA) is 44.8 Å². The molecule has 0 aliphatic rings. The van der Waals surface area contributed by atoms with E-state index in [1.54, 1.807) is 0 Å². The molecule has 0 aromatic carbocycles. The predicted molar refractivity (Wildman–Crippen MR) is 60.8 cm³/mol. The molecule has 0 N–H and O–H groups in total. The standard InChI is InChI=1S/C10H20O4Si/c1-5-8-12-10(11)9(4)15(13-6-2)14-7-3/h15H,4-8H2,1-3H3. The molecular formula is C10H20O4Si. The SMILES string of the molecule is C=C(C(=O)OCCC)[SiH](OCC)OCC. The Bertz CT molecular complexity index is 200. The summed E-state index contributed by atoms with van der Waals surface area (Å²) in [4.78, 5) is 11.4. The Kier molecular flexibility index (Phi) is 8.26. The molecule has 0 aliphatic carbocycles. The van der Waals surface area contributed by atoms with Gasteiger partial charge in [0.25, 0.3) is 0 Å². The molecule has 0 aliphatic heterocycles. The molecule has 0 bridgehead atoms. The maximum atomic E-state index is 11.4. The van der Waals surface area contributed by atoms with Crippen molar-refractivity contribution in [2.45, 2.75) is 27.2 Å². The van der Waals surface area contributed by atoms with Crippen LogP contribution in [0.4, 0.5) is 0 Å². The summed E-state index contributed by atoms with van der Waals surface area (Å²) in [6.45, 7) is 10.8. The molecule has 88 valence electrons. The first-order chi connectivity index (χ1) is 7.17. The van der Waals surface area contributed by atoms with Gasteiger partial charge in [-0.1, -0.05) is 13.5 Å². The van der Waals surface area contributed by atoms with Gasteiger partial charge in [-0.05, 0) is 20.3 Å². The van der Waals surface area contributed by atoms with Crippen molar-refractivity contribution in [2.75, 3.05) is 19.8 Å². The van der Waals surface area contributed by atoms with Gasteiger partial charge in [0.15, 0.2) is 0 Å². The Hall–Kier alpha value is -0.653. The van der Waals surface area contributed by atoms with E-state index in [2.05, 4.69) is 6.58 Å². The summed E-state index contributed by atoms with van der Waals surface area (Å²) in [6.07, 6.45) is 0.800. The van der Waals surface area contributed by atoms with Gasteiger partial charge in [0, 0.05) is 13.2 Å². The summed E-state index contributed by atoms with van der Waals surface area (Å²) in [5.41, 5.74) is 0. The molecule has 0 aromatic heterocycles. The van der Waals surface area contributed by atoms with Crippen LogP contribution in [-0.4, -0.2) is 35.1 Å². The van der Waals surface area contributed by atoms with Crippen LogP contribution in [0.3, 0.4) is 0 Å². The van der Waals surface area contributed by atoms with Crippen molar-refractivity contribution >= 4 is 15.3 Å². The van der Waals surface area contributed by atoms with Gasteiger partial charge < -0.3 is 13.6 Å². The molecule has 4 nitrogen and oxygen atoms in total. The van der Waals surface area contributed by atoms with Crippen molar-refractivity contribution in [1.29, 1.82) is 0 Å². The highest BCUT2D eigenvalue weighted by Gasteiger charge is 2.24. The second-order valence-electron chi connectivity index (χ2n) is 2.90. The monoisotopic (exact) mass is 232 g/mol. The van der Waals surface area contributed by atoms with Gasteiger partial charge in [-0.15, -0.1) is 0 Å². The van der Waals surface area contributed by atoms with Crippen molar-refractivity contribution in [3.8, 4) is 0 Å². The number of ether oxygens (including phenoxy) is 1. The minimum absolute atomic E-state index is 0.354. The molecule has 0 saturated carbocycles. The van der Waals surface area contributed by atoms with E-state index in [0.717, 1.165) is 6.42 Å². The lowest BCUT2D eigenvalue weighted by molar-refractivity contribution is -0.138. The number of carbonyl (C=O) groups is 1. The van der Waals surface area contributed by atoms with Gasteiger partial charge in [0.1, 0.15) is 0 Å². The van der Waals surface area contributed by atoms with Crippen molar-refractivity contribution < 1.29 is 18.4 Å². The van der Waals surface area contributed by atoms with Gasteiger partial charge in [0.05, 0.1) is 11.8 Å². The van der Waals surface area contributed by atoms with E-state index in [0.29, 0.717) is 25.0 Å². The van der Waals surface area contributed by atoms with Gasteiger partial charge >= 0.3 is 15.3 Å². The molecule has 0 heterocycles. The first-order valence-electron chi connectivity index (χ1n) is 5.26. The molecule has 5 heteroatoms. The highest BCUT2D eigenvalue weighted by Crippen LogP contribution is 2.05. The summed E-state index contributed by atoms with van der Waals surface area (Å²) in [6, 6.07) is 0. The van der Waals surface area contributed by atoms with Crippen molar-refractivity contribution in [3.63, 3.8) is 0 Å². The lowest BCUT2D eigenvalue weighted by atomic mass is 10.5. The molecule has 0 radical (unpaired) electrons. The zero-order valence-electron chi connectivity index (χ0n) is 9.75. The molecule has 0 aromatic rings. The zero-order chi connectivity index (χ0) is 11.7. The van der Waals surface area contributed by atoms with Crippen LogP contribution in [0.1, 0.15) is 27.2 Å². The summed E-state index contributed by atoms with van der Waals surface area (Å²) >= 11 is 0. The van der Waals surface area contributed by atoms with Crippen molar-refractivity contribution in [2.24, 2.45) is 0 Å². The molecule has 0 amide bonds. The highest BCUT2D eigenvalue weighted by molar-refractivity contribution is 6.60. The molecule has 0 spiro atoms. The molecule has 0 unspecified atom stereocenters. The van der Waals surface area contributed by atoms with E-state index in [4.69, 9.17) is 13.6 Å². The third kappa shape index (κ3) is 5.71. The van der Waals surface area contributed by atoms with E-state index < -0.39 is 15.3 Å². The fourth-order valence-corrected chi connectivity index (χ4v) is 2.32. The van der Waals surface area contributed by atoms with Crippen molar-refractivity contribution in [3.05, 3.63) is 11.8 Å². The number of hydrogen-bond donors (Lipinski definition) is 0. The Labute approximate surface area is 93.1 Å². The zero-order valence-corrected chi connectivity index (χ0v) is 10.9. The molecular weight excluding hydrogens is 212 g/mol. The molecule has 0 atom stereocenters. The number of hydrogen-bond acceptors (Lipinski definition) is 4. The quantitative estimate of drug-likeness (QED) is 0.360. The molecule has 0 saturated heterocycles. The fraction of sp³-hybridized carbons (Fsp3) is 0.700. The Morgan fingerprint density at radius 1 is 1.20 bits per heavy atom. The summed E-state index contributed by atoms with van der Waals surface area (Å²) in [7, 11) is -2.10. The molecule has 0 fully saturated rings. The van der Waals surface area contributed by atoms with Crippen LogP contribution in [0.25, 0.3) is 0 Å². The fourth-order valence-electron chi connectivity index (χ4n) is 0.936. The first kappa shape index (κ1) is 14.3. The number of carbonyl (C=O) groups excluding carboxylic acids is 1. The molecule has 15 heavy (non-hydrogen) atoms. The molecule has 0 rings (SSSR count). The van der Waals surface area contributed by atoms with Crippen LogP contribution in [0, 0.1) is 0 Å². The summed E-state index contributed by atoms with van der Waals surface area (Å²) in [5.74, 6) is -0.393. The van der Waals surface area contributed by atoms with E-state index in [-0.39, 0.29) is 0 Å². The third-order valence-electron chi connectivity index (χ3n) is 1.62. The minimum Gasteiger partial charge on any atom is -0.463 e. The second kappa shape index (κ2) is 8.64. The average Bonchev–Trinajstić information content (AvgIpc) is 2.24. The van der Waals surface area contributed by atoms with Crippen LogP contribution in [0.15, 0.2) is 11.8 Å². The third-order valence-corrected chi connectivity index (χ3v) is 3.70. The summed E-state index contributed by atoms with van der Waals surface area (Å²) < 4.78 is 15.7. The van der Waals surface area contributed by atoms with Gasteiger partial charge in [-0.2, -0.15) is 0 Å². The van der Waals surface area contributed by atoms with Crippen molar-refractivity contribution in [1.82, 2.24) is 0 Å². The van der Waals surface area contributed by atoms with Gasteiger partial charge in [-0.25, -0.2) is 4.79 Å². The number of esters is 1. The van der Waals surface area contributed by atoms with Gasteiger partial charge in [-0.3, -0.25) is 0 Å². The van der Waals surface area contributed by atoms with Gasteiger partial charge in [0.2, 0.25) is 0 Å². The smallest absolute Gasteiger partial charge is 0.362 e. The first-order valence-corrected chi connectivity index (χ1v) is 6.78. The van der Waals surface area contributed by atoms with E-state index in [1.165, 1.54) is 0 Å². The normalized spacial score (nSPS) is 10.4. The summed E-state index contributed by atoms with van der Waals surface area (Å²) in [5, 5.41) is 0.354. The van der Waals surface area contributed by atoms with E-state index >= 15 is 0 Å². The van der Waals surface area contributed by atoms with Crippen LogP contribution in [0.2, 0.25) is 0 Å². The Morgan fingerprint density at radius 3 is 2.13 bits per heavy atom. The lowest BCUT2D eigenvalue weighted by Gasteiger charge is -2.15. The van der Waals surface area contributed by atoms with Crippen LogP contribution in [-0.2, 0) is 18.4 Å². The van der Waals surface area contributed by atoms with E-state index in [1.807, 2.05) is 20.8 Å². The lowest BCUT2D eigenvalue weighted by Crippen LogP contribution is -2.30. The van der Waals surface area contributed by atoms with Crippen LogP contribution < -0.4 is 0 Å². The average molecular weight is 232 g/mol. The largest absolute Gasteiger partial charge is 0.463 e. The second-order valence-corrected chi connectivity index (χ2v) is 4.93.